The van der Waals surface area contributed by atoms with Gasteiger partial charge in [-0.05, 0) is 30.2 Å². The maximum atomic E-state index is 12.0. The van der Waals surface area contributed by atoms with E-state index in [1.807, 2.05) is 11.0 Å². The third kappa shape index (κ3) is 2.01. The lowest BCUT2D eigenvalue weighted by Crippen LogP contribution is -2.57. The van der Waals surface area contributed by atoms with Crippen LogP contribution in [0.5, 0.6) is 0 Å². The van der Waals surface area contributed by atoms with Crippen LogP contribution in [-0.2, 0) is 0 Å². The first kappa shape index (κ1) is 12.0. The second-order valence-electron chi connectivity index (χ2n) is 4.97. The van der Waals surface area contributed by atoms with Gasteiger partial charge in [0, 0.05) is 24.1 Å². The zero-order valence-corrected chi connectivity index (χ0v) is 11.8. The highest BCUT2D eigenvalue weighted by atomic mass is 79.9. The molecule has 3 rings (SSSR count). The number of benzene rings is 1. The van der Waals surface area contributed by atoms with Crippen LogP contribution in [0.15, 0.2) is 22.7 Å². The van der Waals surface area contributed by atoms with Gasteiger partial charge in [-0.3, -0.25) is 0 Å². The van der Waals surface area contributed by atoms with Gasteiger partial charge in [0.1, 0.15) is 0 Å². The van der Waals surface area contributed by atoms with Crippen LogP contribution in [0.3, 0.4) is 0 Å². The van der Waals surface area contributed by atoms with E-state index in [0.29, 0.717) is 6.04 Å². The van der Waals surface area contributed by atoms with Crippen LogP contribution in [0.1, 0.15) is 17.2 Å². The Labute approximate surface area is 115 Å². The Bertz CT molecular complexity index is 487. The Morgan fingerprint density at radius 3 is 2.83 bits per heavy atom. The van der Waals surface area contributed by atoms with E-state index in [-0.39, 0.29) is 12.1 Å². The summed E-state index contributed by atoms with van der Waals surface area (Å²) in [6.07, 6.45) is 0. The summed E-state index contributed by atoms with van der Waals surface area (Å²) in [7, 11) is 0. The highest BCUT2D eigenvalue weighted by Crippen LogP contribution is 2.27. The molecule has 1 aromatic carbocycles. The van der Waals surface area contributed by atoms with Crippen LogP contribution in [-0.4, -0.2) is 36.6 Å². The van der Waals surface area contributed by atoms with Gasteiger partial charge in [-0.25, -0.2) is 4.79 Å². The van der Waals surface area contributed by atoms with Gasteiger partial charge in [0.2, 0.25) is 0 Å². The minimum atomic E-state index is 0.0610. The molecular formula is C13H16BrN3O. The number of rotatable bonds is 2. The predicted octanol–water partition coefficient (Wildman–Crippen LogP) is 1.80. The first-order chi connectivity index (χ1) is 8.65. The normalized spacial score (nSPS) is 24.0. The topological polar surface area (TPSA) is 44.4 Å². The van der Waals surface area contributed by atoms with Crippen molar-refractivity contribution in [2.75, 3.05) is 19.6 Å². The second-order valence-corrected chi connectivity index (χ2v) is 5.88. The number of hydrogen-bond acceptors (Lipinski definition) is 2. The first-order valence-corrected chi connectivity index (χ1v) is 6.98. The van der Waals surface area contributed by atoms with E-state index in [1.165, 1.54) is 11.1 Å². The molecule has 0 saturated carbocycles. The van der Waals surface area contributed by atoms with E-state index in [9.17, 15) is 4.79 Å². The van der Waals surface area contributed by atoms with Crippen LogP contribution in [0, 0.1) is 6.92 Å². The molecule has 2 fully saturated rings. The number of urea groups is 1. The Morgan fingerprint density at radius 2 is 2.17 bits per heavy atom. The van der Waals surface area contributed by atoms with Crippen LogP contribution >= 0.6 is 15.9 Å². The van der Waals surface area contributed by atoms with E-state index in [4.69, 9.17) is 0 Å². The number of carbonyl (C=O) groups is 1. The molecule has 0 bridgehead atoms. The number of aryl methyl sites for hydroxylation is 1. The summed E-state index contributed by atoms with van der Waals surface area (Å²) in [6.45, 7) is 4.68. The van der Waals surface area contributed by atoms with Crippen molar-refractivity contribution in [3.63, 3.8) is 0 Å². The van der Waals surface area contributed by atoms with Crippen molar-refractivity contribution >= 4 is 22.0 Å². The summed E-state index contributed by atoms with van der Waals surface area (Å²) < 4.78 is 1.06. The number of amides is 2. The molecule has 0 spiro atoms. The predicted molar refractivity (Wildman–Crippen MR) is 73.5 cm³/mol. The molecule has 0 aliphatic carbocycles. The lowest BCUT2D eigenvalue weighted by atomic mass is 10.0. The van der Waals surface area contributed by atoms with Crippen LogP contribution < -0.4 is 10.6 Å². The highest BCUT2D eigenvalue weighted by molar-refractivity contribution is 9.10. The van der Waals surface area contributed by atoms with E-state index in [2.05, 4.69) is 45.6 Å². The molecule has 2 aliphatic rings. The van der Waals surface area contributed by atoms with Crippen molar-refractivity contribution in [1.82, 2.24) is 15.5 Å². The fraction of sp³-hybridized carbons (Fsp3) is 0.462. The fourth-order valence-corrected chi connectivity index (χ4v) is 2.91. The first-order valence-electron chi connectivity index (χ1n) is 6.19. The monoisotopic (exact) mass is 309 g/mol. The Balaban J connectivity index is 1.81. The van der Waals surface area contributed by atoms with Crippen molar-refractivity contribution < 1.29 is 4.79 Å². The molecule has 5 heteroatoms. The van der Waals surface area contributed by atoms with Gasteiger partial charge in [0.15, 0.2) is 0 Å². The number of halogens is 1. The summed E-state index contributed by atoms with van der Waals surface area (Å²) in [4.78, 5) is 13.9. The van der Waals surface area contributed by atoms with Gasteiger partial charge in [0.25, 0.3) is 0 Å². The molecule has 1 unspecified atom stereocenters. The molecule has 2 heterocycles. The zero-order valence-electron chi connectivity index (χ0n) is 10.2. The quantitative estimate of drug-likeness (QED) is 0.875. The maximum absolute atomic E-state index is 12.0. The fourth-order valence-electron chi connectivity index (χ4n) is 2.53. The third-order valence-corrected chi connectivity index (χ3v) is 4.25. The van der Waals surface area contributed by atoms with Crippen LogP contribution in [0.4, 0.5) is 4.79 Å². The largest absolute Gasteiger partial charge is 0.329 e. The minimum absolute atomic E-state index is 0.0610. The molecular weight excluding hydrogens is 294 g/mol. The van der Waals surface area contributed by atoms with Gasteiger partial charge in [-0.1, -0.05) is 22.0 Å². The molecule has 2 saturated heterocycles. The van der Waals surface area contributed by atoms with Gasteiger partial charge in [-0.15, -0.1) is 0 Å². The summed E-state index contributed by atoms with van der Waals surface area (Å²) >= 11 is 3.49. The van der Waals surface area contributed by atoms with Crippen LogP contribution in [0.25, 0.3) is 0 Å². The van der Waals surface area contributed by atoms with Crippen molar-refractivity contribution in [3.05, 3.63) is 33.8 Å². The average molecular weight is 310 g/mol. The van der Waals surface area contributed by atoms with Gasteiger partial charge >= 0.3 is 6.03 Å². The molecule has 96 valence electrons. The second kappa shape index (κ2) is 4.55. The lowest BCUT2D eigenvalue weighted by Gasteiger charge is -2.34. The molecule has 4 nitrogen and oxygen atoms in total. The number of hydrogen-bond donors (Lipinski definition) is 2. The van der Waals surface area contributed by atoms with E-state index >= 15 is 0 Å². The molecule has 0 radical (unpaired) electrons. The molecule has 1 aromatic rings. The van der Waals surface area contributed by atoms with Gasteiger partial charge in [-0.2, -0.15) is 0 Å². The number of carbonyl (C=O) groups excluding carboxylic acids is 1. The third-order valence-electron chi connectivity index (χ3n) is 3.76. The van der Waals surface area contributed by atoms with Crippen molar-refractivity contribution in [1.29, 1.82) is 0 Å². The SMILES string of the molecule is Cc1ccc(Br)cc1C1CN(C2CNC2)C(=O)N1. The molecule has 18 heavy (non-hydrogen) atoms. The highest BCUT2D eigenvalue weighted by Gasteiger charge is 2.37. The summed E-state index contributed by atoms with van der Waals surface area (Å²) in [5.74, 6) is 0. The standard InChI is InChI=1S/C13H16BrN3O/c1-8-2-3-9(14)4-11(8)12-7-17(13(18)16-12)10-5-15-6-10/h2-4,10,12,15H,5-7H2,1H3,(H,16,18). The van der Waals surface area contributed by atoms with Crippen LogP contribution in [0.2, 0.25) is 0 Å². The summed E-state index contributed by atoms with van der Waals surface area (Å²) in [5, 5.41) is 6.28. The molecule has 0 aromatic heterocycles. The Morgan fingerprint density at radius 1 is 1.39 bits per heavy atom. The summed E-state index contributed by atoms with van der Waals surface area (Å²) in [5.41, 5.74) is 2.42. The van der Waals surface area contributed by atoms with Crippen molar-refractivity contribution in [2.24, 2.45) is 0 Å². The van der Waals surface area contributed by atoms with E-state index in [0.717, 1.165) is 24.1 Å². The lowest BCUT2D eigenvalue weighted by molar-refractivity contribution is 0.172. The van der Waals surface area contributed by atoms with Gasteiger partial charge in [0.05, 0.1) is 12.1 Å². The average Bonchev–Trinajstić information content (AvgIpc) is 2.62. The van der Waals surface area contributed by atoms with E-state index in [1.54, 1.807) is 0 Å². The Kier molecular flexibility index (Phi) is 3.03. The minimum Gasteiger partial charge on any atom is -0.329 e. The number of nitrogens with zero attached hydrogens (tertiary/aromatic N) is 1. The smallest absolute Gasteiger partial charge is 0.318 e. The van der Waals surface area contributed by atoms with Gasteiger partial charge < -0.3 is 15.5 Å². The maximum Gasteiger partial charge on any atom is 0.318 e. The molecule has 2 aliphatic heterocycles. The molecule has 2 N–H and O–H groups in total. The van der Waals surface area contributed by atoms with Crippen molar-refractivity contribution in [3.8, 4) is 0 Å². The zero-order chi connectivity index (χ0) is 12.7. The van der Waals surface area contributed by atoms with Crippen molar-refractivity contribution in [2.45, 2.75) is 19.0 Å². The van der Waals surface area contributed by atoms with E-state index < -0.39 is 0 Å². The number of nitrogens with one attached hydrogen (secondary N) is 2. The molecule has 2 amide bonds. The Hall–Kier alpha value is -1.07. The molecule has 1 atom stereocenters. The summed E-state index contributed by atoms with van der Waals surface area (Å²) in [6, 6.07) is 6.74.